The van der Waals surface area contributed by atoms with Gasteiger partial charge in [0.15, 0.2) is 0 Å². The molecule has 90 valence electrons. The van der Waals surface area contributed by atoms with Crippen molar-refractivity contribution in [2.45, 2.75) is 19.9 Å². The van der Waals surface area contributed by atoms with Gasteiger partial charge in [0.2, 0.25) is 0 Å². The van der Waals surface area contributed by atoms with E-state index in [1.807, 2.05) is 13.8 Å². The second kappa shape index (κ2) is 5.92. The van der Waals surface area contributed by atoms with E-state index >= 15 is 0 Å². The lowest BCUT2D eigenvalue weighted by atomic mass is 10.2. The van der Waals surface area contributed by atoms with E-state index in [0.29, 0.717) is 24.6 Å². The van der Waals surface area contributed by atoms with Crippen molar-refractivity contribution < 1.29 is 9.13 Å². The van der Waals surface area contributed by atoms with Crippen LogP contribution in [0.25, 0.3) is 0 Å². The van der Waals surface area contributed by atoms with Crippen LogP contribution in [0.15, 0.2) is 12.1 Å². The summed E-state index contributed by atoms with van der Waals surface area (Å²) in [7, 11) is 0. The van der Waals surface area contributed by atoms with E-state index in [0.717, 1.165) is 0 Å². The minimum absolute atomic E-state index is 0.0283. The summed E-state index contributed by atoms with van der Waals surface area (Å²) in [6.07, 6.45) is 0. The Morgan fingerprint density at radius 3 is 2.88 bits per heavy atom. The van der Waals surface area contributed by atoms with Crippen LogP contribution in [-0.2, 0) is 4.74 Å². The maximum atomic E-state index is 13.2. The zero-order valence-corrected chi connectivity index (χ0v) is 10.1. The van der Waals surface area contributed by atoms with Crippen LogP contribution in [0.5, 0.6) is 0 Å². The quantitative estimate of drug-likeness (QED) is 0.786. The van der Waals surface area contributed by atoms with E-state index in [4.69, 9.17) is 22.1 Å². The van der Waals surface area contributed by atoms with E-state index in [-0.39, 0.29) is 11.1 Å². The molecule has 16 heavy (non-hydrogen) atoms. The highest BCUT2D eigenvalue weighted by Gasteiger charge is 2.08. The summed E-state index contributed by atoms with van der Waals surface area (Å²) in [5, 5.41) is 3.09. The highest BCUT2D eigenvalue weighted by Crippen LogP contribution is 2.26. The number of nitrogen functional groups attached to an aromatic ring is 1. The average Bonchev–Trinajstić information content (AvgIpc) is 2.23. The van der Waals surface area contributed by atoms with E-state index in [1.165, 1.54) is 12.1 Å². The first-order chi connectivity index (χ1) is 7.54. The number of nitrogens with two attached hydrogens (primary N) is 1. The molecule has 0 heterocycles. The molecule has 1 unspecified atom stereocenters. The Morgan fingerprint density at radius 2 is 2.25 bits per heavy atom. The third kappa shape index (κ3) is 3.54. The van der Waals surface area contributed by atoms with Crippen LogP contribution in [0.3, 0.4) is 0 Å². The number of benzene rings is 1. The second-order valence-electron chi connectivity index (χ2n) is 3.56. The van der Waals surface area contributed by atoms with Crippen molar-refractivity contribution in [2.24, 2.45) is 0 Å². The summed E-state index contributed by atoms with van der Waals surface area (Å²) in [6.45, 7) is 5.04. The summed E-state index contributed by atoms with van der Waals surface area (Å²) in [6, 6.07) is 2.75. The van der Waals surface area contributed by atoms with Gasteiger partial charge in [0.05, 0.1) is 23.0 Å². The van der Waals surface area contributed by atoms with Crippen molar-refractivity contribution >= 4 is 23.0 Å². The molecule has 1 atom stereocenters. The molecule has 0 bridgehead atoms. The van der Waals surface area contributed by atoms with Gasteiger partial charge in [0.1, 0.15) is 5.82 Å². The topological polar surface area (TPSA) is 47.3 Å². The van der Waals surface area contributed by atoms with Gasteiger partial charge in [-0.15, -0.1) is 0 Å². The van der Waals surface area contributed by atoms with Gasteiger partial charge in [-0.2, -0.15) is 0 Å². The normalized spacial score (nSPS) is 12.5. The van der Waals surface area contributed by atoms with E-state index in [9.17, 15) is 4.39 Å². The lowest BCUT2D eigenvalue weighted by molar-refractivity contribution is 0.141. The van der Waals surface area contributed by atoms with Crippen LogP contribution < -0.4 is 11.1 Å². The van der Waals surface area contributed by atoms with Crippen LogP contribution in [-0.4, -0.2) is 19.3 Å². The molecule has 1 aromatic carbocycles. The molecule has 5 heteroatoms. The zero-order valence-electron chi connectivity index (χ0n) is 9.39. The Balaban J connectivity index is 2.69. The molecule has 0 fully saturated rings. The number of nitrogens with one attached hydrogen (secondary N) is 1. The predicted molar refractivity (Wildman–Crippen MR) is 65.4 cm³/mol. The number of ether oxygens (including phenoxy) is 1. The van der Waals surface area contributed by atoms with E-state index < -0.39 is 5.82 Å². The molecule has 0 aromatic heterocycles. The zero-order chi connectivity index (χ0) is 12.1. The van der Waals surface area contributed by atoms with Gasteiger partial charge in [0, 0.05) is 18.7 Å². The first-order valence-corrected chi connectivity index (χ1v) is 5.51. The molecule has 0 aliphatic carbocycles. The van der Waals surface area contributed by atoms with Gasteiger partial charge in [-0.05, 0) is 19.9 Å². The van der Waals surface area contributed by atoms with Gasteiger partial charge in [-0.25, -0.2) is 4.39 Å². The standard InChI is InChI=1S/C11H16ClFN2O/c1-3-16-6-7(2)15-11-5-9(13)8(12)4-10(11)14/h4-5,7,15H,3,6,14H2,1-2H3. The lowest BCUT2D eigenvalue weighted by Crippen LogP contribution is -2.22. The third-order valence-corrected chi connectivity index (χ3v) is 2.36. The fourth-order valence-corrected chi connectivity index (χ4v) is 1.46. The third-order valence-electron chi connectivity index (χ3n) is 2.07. The van der Waals surface area contributed by atoms with E-state index in [1.54, 1.807) is 0 Å². The molecular formula is C11H16ClFN2O. The fraction of sp³-hybridized carbons (Fsp3) is 0.455. The molecule has 0 amide bonds. The summed E-state index contributed by atoms with van der Waals surface area (Å²) >= 11 is 5.60. The summed E-state index contributed by atoms with van der Waals surface area (Å²) in [5.74, 6) is -0.484. The largest absolute Gasteiger partial charge is 0.397 e. The van der Waals surface area contributed by atoms with Gasteiger partial charge in [0.25, 0.3) is 0 Å². The molecule has 0 saturated heterocycles. The van der Waals surface area contributed by atoms with Gasteiger partial charge >= 0.3 is 0 Å². The molecule has 0 aliphatic rings. The highest BCUT2D eigenvalue weighted by molar-refractivity contribution is 6.31. The first-order valence-electron chi connectivity index (χ1n) is 5.13. The number of anilines is 2. The smallest absolute Gasteiger partial charge is 0.143 e. The van der Waals surface area contributed by atoms with Gasteiger partial charge in [-0.1, -0.05) is 11.6 Å². The van der Waals surface area contributed by atoms with Gasteiger partial charge < -0.3 is 15.8 Å². The van der Waals surface area contributed by atoms with Crippen molar-refractivity contribution in [1.29, 1.82) is 0 Å². The number of hydrogen-bond acceptors (Lipinski definition) is 3. The second-order valence-corrected chi connectivity index (χ2v) is 3.97. The molecule has 1 aromatic rings. The van der Waals surface area contributed by atoms with Crippen molar-refractivity contribution in [1.82, 2.24) is 0 Å². The van der Waals surface area contributed by atoms with Crippen LogP contribution in [0.2, 0.25) is 5.02 Å². The molecule has 0 radical (unpaired) electrons. The van der Waals surface area contributed by atoms with Crippen LogP contribution in [0.4, 0.5) is 15.8 Å². The Bertz CT molecular complexity index is 360. The van der Waals surface area contributed by atoms with Crippen LogP contribution in [0.1, 0.15) is 13.8 Å². The summed E-state index contributed by atoms with van der Waals surface area (Å²) in [4.78, 5) is 0. The Morgan fingerprint density at radius 1 is 1.56 bits per heavy atom. The molecule has 0 aliphatic heterocycles. The van der Waals surface area contributed by atoms with Crippen molar-refractivity contribution in [3.05, 3.63) is 23.0 Å². The lowest BCUT2D eigenvalue weighted by Gasteiger charge is -2.16. The fourth-order valence-electron chi connectivity index (χ4n) is 1.29. The van der Waals surface area contributed by atoms with Gasteiger partial charge in [-0.3, -0.25) is 0 Å². The number of halogens is 2. The van der Waals surface area contributed by atoms with Crippen LogP contribution in [0, 0.1) is 5.82 Å². The molecular weight excluding hydrogens is 231 g/mol. The molecule has 0 spiro atoms. The Labute approximate surface area is 99.7 Å². The summed E-state index contributed by atoms with van der Waals surface area (Å²) < 4.78 is 18.4. The molecule has 1 rings (SSSR count). The molecule has 3 N–H and O–H groups in total. The van der Waals surface area contributed by atoms with Crippen molar-refractivity contribution in [3.63, 3.8) is 0 Å². The number of hydrogen-bond donors (Lipinski definition) is 2. The maximum absolute atomic E-state index is 13.2. The first kappa shape index (κ1) is 13.1. The SMILES string of the molecule is CCOCC(C)Nc1cc(F)c(Cl)cc1N. The minimum atomic E-state index is -0.484. The van der Waals surface area contributed by atoms with Crippen molar-refractivity contribution in [2.75, 3.05) is 24.3 Å². The van der Waals surface area contributed by atoms with E-state index in [2.05, 4.69) is 5.32 Å². The summed E-state index contributed by atoms with van der Waals surface area (Å²) in [5.41, 5.74) is 6.67. The molecule has 3 nitrogen and oxygen atoms in total. The Hall–Kier alpha value is -1.00. The van der Waals surface area contributed by atoms with Crippen LogP contribution >= 0.6 is 11.6 Å². The predicted octanol–water partition coefficient (Wildman–Crippen LogP) is 2.90. The maximum Gasteiger partial charge on any atom is 0.143 e. The molecule has 0 saturated carbocycles. The average molecular weight is 247 g/mol. The highest BCUT2D eigenvalue weighted by atomic mass is 35.5. The minimum Gasteiger partial charge on any atom is -0.397 e. The van der Waals surface area contributed by atoms with Crippen molar-refractivity contribution in [3.8, 4) is 0 Å². The number of rotatable bonds is 5. The monoisotopic (exact) mass is 246 g/mol. The Kier molecular flexibility index (Phi) is 4.83.